The number of halogens is 1. The summed E-state index contributed by atoms with van der Waals surface area (Å²) in [4.78, 5) is 20.7. The van der Waals surface area contributed by atoms with Gasteiger partial charge in [0.15, 0.2) is 0 Å². The second kappa shape index (κ2) is 7.96. The maximum Gasteiger partial charge on any atom is 0.348 e. The lowest BCUT2D eigenvalue weighted by molar-refractivity contribution is -0.384. The molecule has 0 fully saturated rings. The van der Waals surface area contributed by atoms with Gasteiger partial charge in [-0.15, -0.1) is 0 Å². The molecule has 0 aromatic carbocycles. The molecule has 7 nitrogen and oxygen atoms in total. The van der Waals surface area contributed by atoms with Gasteiger partial charge in [-0.3, -0.25) is 10.1 Å². The van der Waals surface area contributed by atoms with Crippen molar-refractivity contribution in [2.24, 2.45) is 0 Å². The Balaban J connectivity index is 2.86. The predicted octanol–water partition coefficient (Wildman–Crippen LogP) is 2.35. The lowest BCUT2D eigenvalue weighted by Crippen LogP contribution is -2.17. The van der Waals surface area contributed by atoms with Gasteiger partial charge >= 0.3 is 5.69 Å². The topological polar surface area (TPSA) is 84.2 Å². The number of hydrogen-bond donors (Lipinski definition) is 1. The third-order valence-corrected chi connectivity index (χ3v) is 2.88. The number of aryl methyl sites for hydroxylation is 1. The number of aromatic nitrogens is 2. The molecule has 1 N–H and O–H groups in total. The van der Waals surface area contributed by atoms with E-state index in [2.05, 4.69) is 15.3 Å². The molecule has 0 saturated heterocycles. The molecule has 8 heteroatoms. The Labute approximate surface area is 123 Å². The van der Waals surface area contributed by atoms with Crippen molar-refractivity contribution >= 4 is 23.1 Å². The molecule has 0 bridgehead atoms. The molecule has 112 valence electrons. The van der Waals surface area contributed by atoms with Gasteiger partial charge in [-0.05, 0) is 33.5 Å². The molecule has 0 atom stereocenters. The molecule has 20 heavy (non-hydrogen) atoms. The summed E-state index contributed by atoms with van der Waals surface area (Å²) in [6.45, 7) is 3.47. The van der Waals surface area contributed by atoms with E-state index in [4.69, 9.17) is 11.6 Å². The standard InChI is InChI=1S/C12H20ClN5O2/c1-4-6-9-15-11(13)10(18(19)20)12(16-9)14-7-5-8-17(2)3/h4-8H2,1-3H3,(H,14,15,16). The SMILES string of the molecule is CCCc1nc(Cl)c([N+](=O)[O-])c(NCCCN(C)C)n1. The Bertz CT molecular complexity index is 467. The minimum absolute atomic E-state index is 0.108. The van der Waals surface area contributed by atoms with Crippen molar-refractivity contribution in [2.75, 3.05) is 32.5 Å². The van der Waals surface area contributed by atoms with Gasteiger partial charge in [0.2, 0.25) is 11.0 Å². The average molecular weight is 302 g/mol. The van der Waals surface area contributed by atoms with Crippen LogP contribution in [0.4, 0.5) is 11.5 Å². The van der Waals surface area contributed by atoms with Gasteiger partial charge in [0.05, 0.1) is 4.92 Å². The summed E-state index contributed by atoms with van der Waals surface area (Å²) in [5.41, 5.74) is -0.253. The van der Waals surface area contributed by atoms with Crippen molar-refractivity contribution in [3.63, 3.8) is 0 Å². The first-order valence-corrected chi connectivity index (χ1v) is 6.92. The number of hydrogen-bond acceptors (Lipinski definition) is 6. The largest absolute Gasteiger partial charge is 0.364 e. The van der Waals surface area contributed by atoms with Crippen LogP contribution in [0.1, 0.15) is 25.6 Å². The Hall–Kier alpha value is -1.47. The van der Waals surface area contributed by atoms with Gasteiger partial charge in [-0.2, -0.15) is 0 Å². The Morgan fingerprint density at radius 2 is 2.10 bits per heavy atom. The molecule has 0 saturated carbocycles. The Kier molecular flexibility index (Phi) is 6.60. The van der Waals surface area contributed by atoms with E-state index in [0.717, 1.165) is 19.4 Å². The van der Waals surface area contributed by atoms with Crippen molar-refractivity contribution in [3.05, 3.63) is 21.1 Å². The first-order chi connectivity index (χ1) is 9.45. The number of nitrogens with zero attached hydrogens (tertiary/aromatic N) is 4. The molecule has 1 aromatic rings. The summed E-state index contributed by atoms with van der Waals surface area (Å²) in [6, 6.07) is 0. The number of rotatable bonds is 8. The lowest BCUT2D eigenvalue weighted by atomic mass is 10.3. The minimum atomic E-state index is -0.549. The molecule has 1 rings (SSSR count). The molecule has 0 aliphatic heterocycles. The second-order valence-corrected chi connectivity index (χ2v) is 5.08. The highest BCUT2D eigenvalue weighted by Gasteiger charge is 2.23. The van der Waals surface area contributed by atoms with Crippen LogP contribution in [0.15, 0.2) is 0 Å². The molecule has 1 aromatic heterocycles. The molecule has 0 amide bonds. The van der Waals surface area contributed by atoms with Crippen molar-refractivity contribution in [1.29, 1.82) is 0 Å². The van der Waals surface area contributed by atoms with Crippen molar-refractivity contribution in [2.45, 2.75) is 26.2 Å². The Morgan fingerprint density at radius 3 is 2.65 bits per heavy atom. The highest BCUT2D eigenvalue weighted by atomic mass is 35.5. The van der Waals surface area contributed by atoms with Crippen LogP contribution in [0, 0.1) is 10.1 Å². The fourth-order valence-electron chi connectivity index (χ4n) is 1.69. The normalized spacial score (nSPS) is 10.8. The van der Waals surface area contributed by atoms with E-state index >= 15 is 0 Å². The van der Waals surface area contributed by atoms with Crippen LogP contribution in [-0.4, -0.2) is 47.0 Å². The van der Waals surface area contributed by atoms with Crippen molar-refractivity contribution in [3.8, 4) is 0 Å². The molecule has 0 spiro atoms. The summed E-state index contributed by atoms with van der Waals surface area (Å²) in [6.07, 6.45) is 2.35. The van der Waals surface area contributed by atoms with Crippen molar-refractivity contribution < 1.29 is 4.92 Å². The monoisotopic (exact) mass is 301 g/mol. The van der Waals surface area contributed by atoms with Crippen LogP contribution in [-0.2, 0) is 6.42 Å². The molecule has 1 heterocycles. The molecule has 0 unspecified atom stereocenters. The molecular formula is C12H20ClN5O2. The van der Waals surface area contributed by atoms with E-state index in [1.807, 2.05) is 25.9 Å². The third kappa shape index (κ3) is 4.90. The van der Waals surface area contributed by atoms with Crippen LogP contribution in [0.5, 0.6) is 0 Å². The number of anilines is 1. The van der Waals surface area contributed by atoms with Gasteiger partial charge in [-0.25, -0.2) is 9.97 Å². The van der Waals surface area contributed by atoms with E-state index in [1.165, 1.54) is 0 Å². The summed E-state index contributed by atoms with van der Waals surface area (Å²) in [7, 11) is 3.95. The molecule has 0 radical (unpaired) electrons. The second-order valence-electron chi connectivity index (χ2n) is 4.72. The maximum absolute atomic E-state index is 11.0. The van der Waals surface area contributed by atoms with E-state index in [9.17, 15) is 10.1 Å². The fraction of sp³-hybridized carbons (Fsp3) is 0.667. The van der Waals surface area contributed by atoms with E-state index < -0.39 is 4.92 Å². The quantitative estimate of drug-likeness (QED) is 0.343. The third-order valence-electron chi connectivity index (χ3n) is 2.62. The fourth-order valence-corrected chi connectivity index (χ4v) is 1.95. The zero-order valence-electron chi connectivity index (χ0n) is 12.0. The number of nitro groups is 1. The molecule has 0 aliphatic carbocycles. The van der Waals surface area contributed by atoms with Gasteiger partial charge in [0.25, 0.3) is 0 Å². The van der Waals surface area contributed by atoms with Crippen LogP contribution in [0.25, 0.3) is 0 Å². The summed E-state index contributed by atoms with van der Waals surface area (Å²) in [5, 5.41) is 13.9. The van der Waals surface area contributed by atoms with Crippen LogP contribution < -0.4 is 5.32 Å². The first kappa shape index (κ1) is 16.6. The lowest BCUT2D eigenvalue weighted by Gasteiger charge is -2.11. The predicted molar refractivity (Wildman–Crippen MR) is 79.4 cm³/mol. The minimum Gasteiger partial charge on any atom is -0.364 e. The van der Waals surface area contributed by atoms with Gasteiger partial charge in [0.1, 0.15) is 5.82 Å². The van der Waals surface area contributed by atoms with Gasteiger partial charge < -0.3 is 10.2 Å². The average Bonchev–Trinajstić information content (AvgIpc) is 2.33. The highest BCUT2D eigenvalue weighted by Crippen LogP contribution is 2.29. The zero-order valence-corrected chi connectivity index (χ0v) is 12.8. The van der Waals surface area contributed by atoms with Crippen LogP contribution in [0.3, 0.4) is 0 Å². The van der Waals surface area contributed by atoms with Gasteiger partial charge in [0, 0.05) is 13.0 Å². The van der Waals surface area contributed by atoms with E-state index in [-0.39, 0.29) is 16.7 Å². The van der Waals surface area contributed by atoms with Crippen molar-refractivity contribution in [1.82, 2.24) is 14.9 Å². The van der Waals surface area contributed by atoms with E-state index in [0.29, 0.717) is 18.8 Å². The maximum atomic E-state index is 11.0. The molecular weight excluding hydrogens is 282 g/mol. The summed E-state index contributed by atoms with van der Waals surface area (Å²) in [5.74, 6) is 0.732. The Morgan fingerprint density at radius 1 is 1.40 bits per heavy atom. The molecule has 0 aliphatic rings. The van der Waals surface area contributed by atoms with Crippen LogP contribution in [0.2, 0.25) is 5.15 Å². The summed E-state index contributed by atoms with van der Waals surface area (Å²) < 4.78 is 0. The zero-order chi connectivity index (χ0) is 15.1. The summed E-state index contributed by atoms with van der Waals surface area (Å²) >= 11 is 5.89. The van der Waals surface area contributed by atoms with E-state index in [1.54, 1.807) is 0 Å². The van der Waals surface area contributed by atoms with Crippen LogP contribution >= 0.6 is 11.6 Å². The highest BCUT2D eigenvalue weighted by molar-refractivity contribution is 6.31. The smallest absolute Gasteiger partial charge is 0.348 e. The number of nitrogens with one attached hydrogen (secondary N) is 1. The van der Waals surface area contributed by atoms with Gasteiger partial charge in [-0.1, -0.05) is 18.5 Å². The first-order valence-electron chi connectivity index (χ1n) is 6.55.